The van der Waals surface area contributed by atoms with Crippen LogP contribution in [0.5, 0.6) is 0 Å². The van der Waals surface area contributed by atoms with Crippen LogP contribution in [-0.2, 0) is 4.79 Å². The number of aromatic nitrogens is 2. The zero-order valence-electron chi connectivity index (χ0n) is 18.5. The summed E-state index contributed by atoms with van der Waals surface area (Å²) in [6.45, 7) is 3.16. The van der Waals surface area contributed by atoms with Crippen molar-refractivity contribution in [3.05, 3.63) is 66.8 Å². The number of furan rings is 1. The van der Waals surface area contributed by atoms with E-state index in [1.165, 1.54) is 6.26 Å². The fraction of sp³-hybridized carbons (Fsp3) is 0.360. The maximum atomic E-state index is 13.4. The summed E-state index contributed by atoms with van der Waals surface area (Å²) in [7, 11) is 0. The molecule has 5 rings (SSSR count). The third kappa shape index (κ3) is 4.46. The van der Waals surface area contributed by atoms with Crippen LogP contribution in [0.1, 0.15) is 29.8 Å². The summed E-state index contributed by atoms with van der Waals surface area (Å²) in [4.78, 5) is 41.2. The number of piperidine rings is 1. The van der Waals surface area contributed by atoms with E-state index in [9.17, 15) is 9.59 Å². The van der Waals surface area contributed by atoms with Crippen molar-refractivity contribution in [3.63, 3.8) is 0 Å². The number of amides is 2. The van der Waals surface area contributed by atoms with Gasteiger partial charge in [0.1, 0.15) is 11.9 Å². The van der Waals surface area contributed by atoms with Crippen molar-refractivity contribution in [2.24, 2.45) is 0 Å². The molecular weight excluding hydrogens is 418 g/mol. The van der Waals surface area contributed by atoms with Crippen LogP contribution in [0.4, 0.5) is 5.82 Å². The minimum Gasteiger partial charge on any atom is -0.459 e. The van der Waals surface area contributed by atoms with Crippen molar-refractivity contribution in [2.45, 2.75) is 25.3 Å². The van der Waals surface area contributed by atoms with Crippen LogP contribution < -0.4 is 4.90 Å². The Balaban J connectivity index is 1.24. The maximum Gasteiger partial charge on any atom is 0.290 e. The molecule has 33 heavy (non-hydrogen) atoms. The first-order valence-electron chi connectivity index (χ1n) is 11.5. The number of piperazine rings is 1. The van der Waals surface area contributed by atoms with Gasteiger partial charge in [0.05, 0.1) is 6.26 Å². The van der Waals surface area contributed by atoms with Gasteiger partial charge in [0.2, 0.25) is 5.91 Å². The van der Waals surface area contributed by atoms with Crippen molar-refractivity contribution >= 4 is 17.6 Å². The number of carbonyl (C=O) groups excluding carboxylic acids is 2. The largest absolute Gasteiger partial charge is 0.459 e. The van der Waals surface area contributed by atoms with Crippen molar-refractivity contribution in [1.82, 2.24) is 19.8 Å². The van der Waals surface area contributed by atoms with Gasteiger partial charge in [-0.3, -0.25) is 9.59 Å². The molecule has 1 unspecified atom stereocenters. The number of anilines is 1. The number of carbonyl (C=O) groups is 2. The van der Waals surface area contributed by atoms with Crippen LogP contribution in [0.3, 0.4) is 0 Å². The van der Waals surface area contributed by atoms with Crippen LogP contribution in [-0.4, -0.2) is 70.3 Å². The first-order chi connectivity index (χ1) is 16.2. The molecule has 170 valence electrons. The monoisotopic (exact) mass is 445 g/mol. The molecule has 0 saturated carbocycles. The quantitative estimate of drug-likeness (QED) is 0.614. The van der Waals surface area contributed by atoms with Crippen LogP contribution in [0, 0.1) is 0 Å². The van der Waals surface area contributed by atoms with E-state index in [1.54, 1.807) is 23.2 Å². The van der Waals surface area contributed by atoms with Crippen LogP contribution in [0.2, 0.25) is 0 Å². The summed E-state index contributed by atoms with van der Waals surface area (Å²) < 4.78 is 5.29. The fourth-order valence-corrected chi connectivity index (χ4v) is 4.59. The van der Waals surface area contributed by atoms with E-state index in [0.29, 0.717) is 45.0 Å². The topological polar surface area (TPSA) is 82.8 Å². The second kappa shape index (κ2) is 9.44. The van der Waals surface area contributed by atoms with Gasteiger partial charge in [0.25, 0.3) is 5.91 Å². The molecule has 2 aliphatic heterocycles. The normalized spacial score (nSPS) is 18.9. The van der Waals surface area contributed by atoms with E-state index in [0.717, 1.165) is 24.2 Å². The van der Waals surface area contributed by atoms with Gasteiger partial charge in [-0.05, 0) is 37.5 Å². The van der Waals surface area contributed by atoms with Crippen molar-refractivity contribution in [3.8, 4) is 11.4 Å². The molecular formula is C25H27N5O3. The Morgan fingerprint density at radius 1 is 0.909 bits per heavy atom. The summed E-state index contributed by atoms with van der Waals surface area (Å²) in [6.07, 6.45) is 5.81. The molecule has 4 heterocycles. The highest BCUT2D eigenvalue weighted by molar-refractivity contribution is 5.95. The summed E-state index contributed by atoms with van der Waals surface area (Å²) in [5.41, 5.74) is 0.978. The number of hydrogen-bond donors (Lipinski definition) is 0. The first kappa shape index (κ1) is 21.2. The van der Waals surface area contributed by atoms with Crippen LogP contribution >= 0.6 is 0 Å². The molecule has 0 N–H and O–H groups in total. The van der Waals surface area contributed by atoms with E-state index in [-0.39, 0.29) is 17.6 Å². The summed E-state index contributed by atoms with van der Waals surface area (Å²) in [5, 5.41) is 0. The molecule has 0 radical (unpaired) electrons. The highest BCUT2D eigenvalue weighted by Crippen LogP contribution is 2.24. The highest BCUT2D eigenvalue weighted by atomic mass is 16.3. The molecule has 2 fully saturated rings. The summed E-state index contributed by atoms with van der Waals surface area (Å²) in [5.74, 6) is 1.68. The Kier molecular flexibility index (Phi) is 6.06. The van der Waals surface area contributed by atoms with Gasteiger partial charge in [0.15, 0.2) is 11.6 Å². The minimum absolute atomic E-state index is 0.0296. The standard InChI is InChI=1S/C25H27N5O3/c31-24(20-9-4-5-13-30(20)25(32)21-10-6-18-33-21)29-16-14-28(15-17-29)22-11-12-26-23(27-22)19-7-2-1-3-8-19/h1-3,6-8,10-12,18,20H,4-5,9,13-17H2. The van der Waals surface area contributed by atoms with Gasteiger partial charge < -0.3 is 19.1 Å². The van der Waals surface area contributed by atoms with Crippen molar-refractivity contribution in [2.75, 3.05) is 37.6 Å². The van der Waals surface area contributed by atoms with Crippen LogP contribution in [0.15, 0.2) is 65.4 Å². The number of hydrogen-bond acceptors (Lipinski definition) is 6. The van der Waals surface area contributed by atoms with Crippen molar-refractivity contribution < 1.29 is 14.0 Å². The molecule has 2 aliphatic rings. The Hall–Kier alpha value is -3.68. The Bertz CT molecular complexity index is 1090. The van der Waals surface area contributed by atoms with E-state index in [2.05, 4.69) is 9.88 Å². The predicted octanol–water partition coefficient (Wildman–Crippen LogP) is 3.08. The van der Waals surface area contributed by atoms with Gasteiger partial charge in [-0.25, -0.2) is 9.97 Å². The summed E-state index contributed by atoms with van der Waals surface area (Å²) >= 11 is 0. The van der Waals surface area contributed by atoms with E-state index < -0.39 is 6.04 Å². The molecule has 1 aromatic carbocycles. The van der Waals surface area contributed by atoms with Crippen LogP contribution in [0.25, 0.3) is 11.4 Å². The Labute approximate surface area is 192 Å². The molecule has 1 atom stereocenters. The third-order valence-corrected chi connectivity index (χ3v) is 6.37. The maximum absolute atomic E-state index is 13.4. The molecule has 2 aromatic heterocycles. The first-order valence-corrected chi connectivity index (χ1v) is 11.5. The molecule has 8 heteroatoms. The third-order valence-electron chi connectivity index (χ3n) is 6.37. The molecule has 2 saturated heterocycles. The Morgan fingerprint density at radius 2 is 1.73 bits per heavy atom. The van der Waals surface area contributed by atoms with E-state index in [1.807, 2.05) is 41.3 Å². The second-order valence-electron chi connectivity index (χ2n) is 8.40. The van der Waals surface area contributed by atoms with Gasteiger partial charge >= 0.3 is 0 Å². The van der Waals surface area contributed by atoms with Gasteiger partial charge in [-0.15, -0.1) is 0 Å². The zero-order valence-corrected chi connectivity index (χ0v) is 18.5. The average molecular weight is 446 g/mol. The number of likely N-dealkylation sites (tertiary alicyclic amines) is 1. The lowest BCUT2D eigenvalue weighted by molar-refractivity contribution is -0.137. The molecule has 2 amide bonds. The number of nitrogens with zero attached hydrogens (tertiary/aromatic N) is 5. The second-order valence-corrected chi connectivity index (χ2v) is 8.40. The lowest BCUT2D eigenvalue weighted by atomic mass is 10.00. The predicted molar refractivity (Wildman–Crippen MR) is 124 cm³/mol. The molecule has 0 bridgehead atoms. The Morgan fingerprint density at radius 3 is 2.48 bits per heavy atom. The highest BCUT2D eigenvalue weighted by Gasteiger charge is 2.37. The smallest absolute Gasteiger partial charge is 0.290 e. The molecule has 3 aromatic rings. The molecule has 8 nitrogen and oxygen atoms in total. The zero-order chi connectivity index (χ0) is 22.6. The fourth-order valence-electron chi connectivity index (χ4n) is 4.59. The van der Waals surface area contributed by atoms with E-state index in [4.69, 9.17) is 9.40 Å². The van der Waals surface area contributed by atoms with Gasteiger partial charge in [-0.2, -0.15) is 0 Å². The molecule has 0 aliphatic carbocycles. The lowest BCUT2D eigenvalue weighted by Crippen LogP contribution is -2.57. The number of benzene rings is 1. The van der Waals surface area contributed by atoms with E-state index >= 15 is 0 Å². The molecule has 0 spiro atoms. The number of rotatable bonds is 4. The van der Waals surface area contributed by atoms with Gasteiger partial charge in [-0.1, -0.05) is 30.3 Å². The minimum atomic E-state index is -0.424. The average Bonchev–Trinajstić information content (AvgIpc) is 3.44. The van der Waals surface area contributed by atoms with Gasteiger partial charge in [0, 0.05) is 44.5 Å². The SMILES string of the molecule is O=C(C1CCCCN1C(=O)c1ccco1)N1CCN(c2ccnc(-c3ccccc3)n2)CC1. The van der Waals surface area contributed by atoms with Crippen molar-refractivity contribution in [1.29, 1.82) is 0 Å². The summed E-state index contributed by atoms with van der Waals surface area (Å²) in [6, 6.07) is 14.7. The lowest BCUT2D eigenvalue weighted by Gasteiger charge is -2.40.